The highest BCUT2D eigenvalue weighted by molar-refractivity contribution is 7.99. The number of phenols is 1. The number of amides is 1. The molecule has 3 aromatic carbocycles. The van der Waals surface area contributed by atoms with Crippen LogP contribution in [0.4, 0.5) is 14.5 Å². The number of aliphatic hydroxyl groups excluding tert-OH is 1. The van der Waals surface area contributed by atoms with Gasteiger partial charge in [-0.2, -0.15) is 0 Å². The first-order valence-electron chi connectivity index (χ1n) is 12.9. The summed E-state index contributed by atoms with van der Waals surface area (Å²) in [6.07, 6.45) is 3.96. The molecule has 5 aromatic rings. The molecule has 10 nitrogen and oxygen atoms in total. The van der Waals surface area contributed by atoms with Gasteiger partial charge in [-0.25, -0.2) is 18.7 Å². The van der Waals surface area contributed by atoms with Crippen molar-refractivity contribution in [2.24, 2.45) is 0 Å². The summed E-state index contributed by atoms with van der Waals surface area (Å²) in [5.41, 5.74) is 0.418. The monoisotopic (exact) mass is 606 g/mol. The molecule has 0 spiro atoms. The van der Waals surface area contributed by atoms with E-state index < -0.39 is 23.0 Å². The van der Waals surface area contributed by atoms with Gasteiger partial charge in [-0.15, -0.1) is 0 Å². The van der Waals surface area contributed by atoms with E-state index in [-0.39, 0.29) is 59.6 Å². The van der Waals surface area contributed by atoms with E-state index in [1.165, 1.54) is 67.3 Å². The Bertz CT molecular complexity index is 1840. The van der Waals surface area contributed by atoms with Gasteiger partial charge in [0.2, 0.25) is 5.43 Å². The third-order valence-corrected chi connectivity index (χ3v) is 7.21. The second kappa shape index (κ2) is 13.4. The second-order valence-electron chi connectivity index (χ2n) is 9.02. The summed E-state index contributed by atoms with van der Waals surface area (Å²) in [5, 5.41) is 22.6. The van der Waals surface area contributed by atoms with Crippen LogP contribution in [0.25, 0.3) is 22.0 Å². The number of fused-ring (bicyclic) bond motifs is 1. The molecule has 0 fully saturated rings. The third-order valence-electron chi connectivity index (χ3n) is 6.14. The van der Waals surface area contributed by atoms with Gasteiger partial charge in [0.25, 0.3) is 5.91 Å². The van der Waals surface area contributed by atoms with Crippen molar-refractivity contribution in [2.45, 2.75) is 9.92 Å². The van der Waals surface area contributed by atoms with Crippen LogP contribution < -0.4 is 15.5 Å². The Kier molecular flexibility index (Phi) is 9.25. The van der Waals surface area contributed by atoms with Gasteiger partial charge in [0.15, 0.2) is 11.5 Å². The van der Waals surface area contributed by atoms with E-state index in [9.17, 15) is 19.1 Å². The smallest absolute Gasteiger partial charge is 0.261 e. The zero-order valence-electron chi connectivity index (χ0n) is 22.3. The molecule has 0 aliphatic heterocycles. The molecule has 220 valence electrons. The quantitative estimate of drug-likeness (QED) is 0.123. The number of nitrogens with zero attached hydrogens (tertiary/aromatic N) is 2. The molecule has 1 amide bonds. The molecule has 4 N–H and O–H groups in total. The van der Waals surface area contributed by atoms with Crippen molar-refractivity contribution in [2.75, 3.05) is 31.7 Å². The van der Waals surface area contributed by atoms with Crippen molar-refractivity contribution in [3.05, 3.63) is 101 Å². The number of pyridine rings is 1. The molecule has 0 bridgehead atoms. The average molecular weight is 607 g/mol. The summed E-state index contributed by atoms with van der Waals surface area (Å²) in [4.78, 5) is 37.2. The fourth-order valence-electron chi connectivity index (χ4n) is 4.08. The van der Waals surface area contributed by atoms with E-state index in [0.29, 0.717) is 21.5 Å². The minimum absolute atomic E-state index is 0.105. The number of H-pyrrole nitrogens is 1. The lowest BCUT2D eigenvalue weighted by Gasteiger charge is -2.11. The lowest BCUT2D eigenvalue weighted by atomic mass is 10.0. The molecule has 5 rings (SSSR count). The number of ether oxygens (including phenoxy) is 2. The maximum absolute atomic E-state index is 15.1. The number of aliphatic hydroxyl groups is 1. The predicted octanol–water partition coefficient (Wildman–Crippen LogP) is 4.76. The number of nitrogens with one attached hydrogen (secondary N) is 2. The number of phenolic OH excluding ortho intramolecular Hbond substituents is 1. The molecule has 2 aromatic heterocycles. The Labute approximate surface area is 247 Å². The number of aromatic amines is 1. The normalized spacial score (nSPS) is 11.0. The van der Waals surface area contributed by atoms with Crippen LogP contribution in [0.3, 0.4) is 0 Å². The maximum atomic E-state index is 15.1. The Hall–Kier alpha value is -4.85. The molecule has 0 unspecified atom stereocenters. The van der Waals surface area contributed by atoms with Crippen LogP contribution >= 0.6 is 11.8 Å². The first kappa shape index (κ1) is 29.6. The van der Waals surface area contributed by atoms with Crippen LogP contribution in [0.5, 0.6) is 11.5 Å². The van der Waals surface area contributed by atoms with Gasteiger partial charge >= 0.3 is 0 Å². The van der Waals surface area contributed by atoms with Gasteiger partial charge in [0, 0.05) is 40.0 Å². The van der Waals surface area contributed by atoms with Gasteiger partial charge < -0.3 is 30.0 Å². The largest absolute Gasteiger partial charge is 0.504 e. The summed E-state index contributed by atoms with van der Waals surface area (Å²) < 4.78 is 39.1. The van der Waals surface area contributed by atoms with E-state index in [1.807, 2.05) is 0 Å². The molecule has 0 saturated carbocycles. The van der Waals surface area contributed by atoms with Crippen molar-refractivity contribution in [1.82, 2.24) is 15.0 Å². The fourth-order valence-corrected chi connectivity index (χ4v) is 4.96. The SMILES string of the molecule is O=C(Nc1ccc(Sc2ncnc3cc(OCCOCCO)c(O)cc23)c(F)c1)c1c[nH]cc(-c2ccc(F)cc2)c1=O. The number of aromatic hydroxyl groups is 1. The number of hydrogen-bond donors (Lipinski definition) is 4. The Balaban J connectivity index is 1.31. The van der Waals surface area contributed by atoms with E-state index in [2.05, 4.69) is 20.3 Å². The number of anilines is 1. The number of halogens is 2. The highest BCUT2D eigenvalue weighted by atomic mass is 32.2. The lowest BCUT2D eigenvalue weighted by Crippen LogP contribution is -2.22. The number of aromatic nitrogens is 3. The van der Waals surface area contributed by atoms with Crippen molar-refractivity contribution >= 4 is 34.3 Å². The van der Waals surface area contributed by atoms with Crippen LogP contribution in [-0.4, -0.2) is 57.5 Å². The Morgan fingerprint density at radius 1 is 1.00 bits per heavy atom. The van der Waals surface area contributed by atoms with Crippen molar-refractivity contribution in [3.8, 4) is 22.6 Å². The van der Waals surface area contributed by atoms with Gasteiger partial charge in [-0.3, -0.25) is 9.59 Å². The first-order chi connectivity index (χ1) is 20.8. The van der Waals surface area contributed by atoms with Crippen LogP contribution in [-0.2, 0) is 4.74 Å². The van der Waals surface area contributed by atoms with Crippen LogP contribution in [0.1, 0.15) is 10.4 Å². The molecule has 0 atom stereocenters. The molecule has 43 heavy (non-hydrogen) atoms. The number of rotatable bonds is 11. The van der Waals surface area contributed by atoms with Gasteiger partial charge in [-0.1, -0.05) is 23.9 Å². The maximum Gasteiger partial charge on any atom is 0.261 e. The van der Waals surface area contributed by atoms with E-state index >= 15 is 4.39 Å². The van der Waals surface area contributed by atoms with Gasteiger partial charge in [-0.05, 0) is 42.0 Å². The standard InChI is InChI=1S/C30H24F2N4O6S/c31-18-3-1-17(2-4-18)21-14-33-15-22(28(21)39)29(40)36-19-5-6-27(23(32)11-19)43-30-20-12-25(38)26(13-24(20)34-16-35-30)42-10-9-41-8-7-37/h1-6,11-16,37-38H,7-10H2,(H,33,39)(H,36,40). The third kappa shape index (κ3) is 6.97. The fraction of sp³-hybridized carbons (Fsp3) is 0.133. The number of carbonyl (C=O) groups is 1. The summed E-state index contributed by atoms with van der Waals surface area (Å²) >= 11 is 0.996. The molecule has 0 aliphatic carbocycles. The minimum atomic E-state index is -0.750. The van der Waals surface area contributed by atoms with Crippen molar-refractivity contribution in [1.29, 1.82) is 0 Å². The predicted molar refractivity (Wildman–Crippen MR) is 156 cm³/mol. The Morgan fingerprint density at radius 3 is 2.58 bits per heavy atom. The van der Waals surface area contributed by atoms with Gasteiger partial charge in [0.1, 0.15) is 35.2 Å². The lowest BCUT2D eigenvalue weighted by molar-refractivity contribution is 0.0699. The van der Waals surface area contributed by atoms with Crippen molar-refractivity contribution in [3.63, 3.8) is 0 Å². The van der Waals surface area contributed by atoms with E-state index in [0.717, 1.165) is 17.8 Å². The van der Waals surface area contributed by atoms with E-state index in [4.69, 9.17) is 14.6 Å². The average Bonchev–Trinajstić information content (AvgIpc) is 2.99. The molecule has 0 saturated heterocycles. The van der Waals surface area contributed by atoms with E-state index in [1.54, 1.807) is 0 Å². The van der Waals surface area contributed by atoms with Crippen LogP contribution in [0.2, 0.25) is 0 Å². The first-order valence-corrected chi connectivity index (χ1v) is 13.7. The Morgan fingerprint density at radius 2 is 1.81 bits per heavy atom. The molecule has 0 radical (unpaired) electrons. The molecule has 0 aliphatic rings. The summed E-state index contributed by atoms with van der Waals surface area (Å²) in [6, 6.07) is 12.3. The number of benzene rings is 3. The molecule has 13 heteroatoms. The zero-order valence-corrected chi connectivity index (χ0v) is 23.2. The summed E-state index contributed by atoms with van der Waals surface area (Å²) in [5.74, 6) is -1.84. The molecular weight excluding hydrogens is 582 g/mol. The van der Waals surface area contributed by atoms with Crippen LogP contribution in [0, 0.1) is 11.6 Å². The zero-order chi connectivity index (χ0) is 30.3. The molecular formula is C30H24F2N4O6S. The highest BCUT2D eigenvalue weighted by Crippen LogP contribution is 2.38. The summed E-state index contributed by atoms with van der Waals surface area (Å²) in [6.45, 7) is 0.439. The number of carbonyl (C=O) groups excluding carboxylic acids is 1. The number of hydrogen-bond acceptors (Lipinski definition) is 9. The topological polar surface area (TPSA) is 147 Å². The van der Waals surface area contributed by atoms with Crippen LogP contribution in [0.15, 0.2) is 88.0 Å². The second-order valence-corrected chi connectivity index (χ2v) is 10.1. The molecule has 2 heterocycles. The highest BCUT2D eigenvalue weighted by Gasteiger charge is 2.17. The summed E-state index contributed by atoms with van der Waals surface area (Å²) in [7, 11) is 0. The minimum Gasteiger partial charge on any atom is -0.504 e. The van der Waals surface area contributed by atoms with Crippen molar-refractivity contribution < 1.29 is 33.3 Å². The van der Waals surface area contributed by atoms with Gasteiger partial charge in [0.05, 0.1) is 25.3 Å².